The summed E-state index contributed by atoms with van der Waals surface area (Å²) < 4.78 is 0. The van der Waals surface area contributed by atoms with Crippen molar-refractivity contribution >= 4 is 5.69 Å². The van der Waals surface area contributed by atoms with Gasteiger partial charge in [-0.15, -0.1) is 0 Å². The van der Waals surface area contributed by atoms with Gasteiger partial charge in [0, 0.05) is 24.8 Å². The lowest BCUT2D eigenvalue weighted by Gasteiger charge is -2.33. The van der Waals surface area contributed by atoms with Gasteiger partial charge in [-0.3, -0.25) is 4.90 Å². The van der Waals surface area contributed by atoms with Gasteiger partial charge in [0.25, 0.3) is 0 Å². The highest BCUT2D eigenvalue weighted by Gasteiger charge is 2.36. The number of para-hydroxylation sites is 1. The van der Waals surface area contributed by atoms with Crippen LogP contribution in [0, 0.1) is 5.92 Å². The first-order valence-corrected chi connectivity index (χ1v) is 6.38. The zero-order valence-electron chi connectivity index (χ0n) is 9.97. The number of fused-ring (bicyclic) bond motifs is 1. The molecule has 1 aromatic rings. The van der Waals surface area contributed by atoms with E-state index in [4.69, 9.17) is 0 Å². The van der Waals surface area contributed by atoms with E-state index in [1.54, 1.807) is 0 Å². The first-order valence-electron chi connectivity index (χ1n) is 6.38. The van der Waals surface area contributed by atoms with Crippen LogP contribution in [-0.2, 0) is 0 Å². The van der Waals surface area contributed by atoms with E-state index in [0.717, 1.165) is 18.6 Å². The molecule has 0 aromatic heterocycles. The summed E-state index contributed by atoms with van der Waals surface area (Å²) >= 11 is 0. The molecule has 0 amide bonds. The van der Waals surface area contributed by atoms with Crippen molar-refractivity contribution in [1.29, 1.82) is 0 Å². The third kappa shape index (κ3) is 1.71. The second-order valence-electron chi connectivity index (χ2n) is 5.20. The zero-order valence-corrected chi connectivity index (χ0v) is 9.97. The minimum atomic E-state index is 0.786. The zero-order chi connectivity index (χ0) is 11.0. The van der Waals surface area contributed by atoms with Gasteiger partial charge in [0.15, 0.2) is 0 Å². The second kappa shape index (κ2) is 4.10. The largest absolute Gasteiger partial charge is 0.357 e. The molecule has 0 radical (unpaired) electrons. The van der Waals surface area contributed by atoms with Crippen molar-refractivity contribution in [2.75, 3.05) is 24.7 Å². The number of hydrogen-bond donors (Lipinski definition) is 0. The molecule has 0 spiro atoms. The van der Waals surface area contributed by atoms with Gasteiger partial charge in [0.1, 0.15) is 0 Å². The molecule has 2 heterocycles. The molecule has 86 valence electrons. The predicted molar refractivity (Wildman–Crippen MR) is 67.5 cm³/mol. The van der Waals surface area contributed by atoms with Crippen LogP contribution in [0.4, 0.5) is 5.69 Å². The summed E-state index contributed by atoms with van der Waals surface area (Å²) in [4.78, 5) is 5.17. The van der Waals surface area contributed by atoms with E-state index < -0.39 is 0 Å². The van der Waals surface area contributed by atoms with E-state index in [2.05, 4.69) is 47.1 Å². The van der Waals surface area contributed by atoms with E-state index in [0.29, 0.717) is 0 Å². The topological polar surface area (TPSA) is 6.48 Å². The lowest BCUT2D eigenvalue weighted by atomic mass is 9.92. The maximum atomic E-state index is 2.65. The van der Waals surface area contributed by atoms with Crippen LogP contribution in [0.1, 0.15) is 19.8 Å². The van der Waals surface area contributed by atoms with Crippen molar-refractivity contribution in [1.82, 2.24) is 4.90 Å². The summed E-state index contributed by atoms with van der Waals surface area (Å²) in [6.07, 6.45) is 2.78. The summed E-state index contributed by atoms with van der Waals surface area (Å²) in [5.74, 6) is 0.863. The summed E-state index contributed by atoms with van der Waals surface area (Å²) in [5, 5.41) is 0. The van der Waals surface area contributed by atoms with Crippen LogP contribution >= 0.6 is 0 Å². The summed E-state index contributed by atoms with van der Waals surface area (Å²) in [6.45, 7) is 6.04. The number of benzene rings is 1. The quantitative estimate of drug-likeness (QED) is 0.712. The van der Waals surface area contributed by atoms with Crippen LogP contribution in [0.25, 0.3) is 0 Å². The van der Waals surface area contributed by atoms with Crippen molar-refractivity contribution in [3.63, 3.8) is 0 Å². The van der Waals surface area contributed by atoms with Crippen molar-refractivity contribution < 1.29 is 0 Å². The molecule has 3 rings (SSSR count). The Bertz CT molecular complexity index is 349. The van der Waals surface area contributed by atoms with Gasteiger partial charge in [-0.25, -0.2) is 0 Å². The molecule has 1 aromatic carbocycles. The maximum absolute atomic E-state index is 2.65. The summed E-state index contributed by atoms with van der Waals surface area (Å²) in [5.41, 5.74) is 1.38. The van der Waals surface area contributed by atoms with Gasteiger partial charge in [-0.2, -0.15) is 0 Å². The van der Waals surface area contributed by atoms with E-state index >= 15 is 0 Å². The molecule has 2 nitrogen and oxygen atoms in total. The van der Waals surface area contributed by atoms with Crippen molar-refractivity contribution in [3.8, 4) is 0 Å². The molecule has 2 aliphatic rings. The number of hydrogen-bond acceptors (Lipinski definition) is 2. The highest BCUT2D eigenvalue weighted by atomic mass is 15.4. The molecule has 0 bridgehead atoms. The molecular formula is C14H20N2. The van der Waals surface area contributed by atoms with Crippen LogP contribution in [-0.4, -0.2) is 30.7 Å². The normalized spacial score (nSPS) is 30.4. The van der Waals surface area contributed by atoms with Crippen LogP contribution in [0.3, 0.4) is 0 Å². The molecule has 0 aliphatic carbocycles. The molecule has 2 fully saturated rings. The lowest BCUT2D eigenvalue weighted by molar-refractivity contribution is 0.151. The Hall–Kier alpha value is -1.02. The second-order valence-corrected chi connectivity index (χ2v) is 5.20. The number of nitrogens with zero attached hydrogens (tertiary/aromatic N) is 2. The third-order valence-electron chi connectivity index (χ3n) is 4.11. The monoisotopic (exact) mass is 216 g/mol. The molecule has 0 N–H and O–H groups in total. The van der Waals surface area contributed by atoms with E-state index in [-0.39, 0.29) is 0 Å². The highest BCUT2D eigenvalue weighted by Crippen LogP contribution is 2.30. The Balaban J connectivity index is 1.77. The molecular weight excluding hydrogens is 196 g/mol. The van der Waals surface area contributed by atoms with E-state index in [1.165, 1.54) is 31.6 Å². The Kier molecular flexibility index (Phi) is 2.60. The smallest absolute Gasteiger partial charge is 0.0710 e. The Morgan fingerprint density at radius 3 is 2.75 bits per heavy atom. The average molecular weight is 216 g/mol. The number of rotatable bonds is 1. The first kappa shape index (κ1) is 10.2. The summed E-state index contributed by atoms with van der Waals surface area (Å²) in [6, 6.07) is 11.6. The first-order chi connectivity index (χ1) is 7.84. The van der Waals surface area contributed by atoms with Gasteiger partial charge in [0.05, 0.1) is 6.67 Å². The minimum Gasteiger partial charge on any atom is -0.357 e. The highest BCUT2D eigenvalue weighted by molar-refractivity contribution is 5.47. The standard InChI is InChI=1S/C14H20N2/c1-12-6-5-9-15-11-16(10-14(12)15)13-7-3-2-4-8-13/h2-4,7-8,12,14H,5-6,9-11H2,1H3/t12-,14-/m0/s1. The fraction of sp³-hybridized carbons (Fsp3) is 0.571. The van der Waals surface area contributed by atoms with Crippen LogP contribution in [0.2, 0.25) is 0 Å². The van der Waals surface area contributed by atoms with E-state index in [1.807, 2.05) is 0 Å². The fourth-order valence-corrected chi connectivity index (χ4v) is 3.13. The lowest BCUT2D eigenvalue weighted by Crippen LogP contribution is -2.40. The third-order valence-corrected chi connectivity index (χ3v) is 4.11. The van der Waals surface area contributed by atoms with Gasteiger partial charge < -0.3 is 4.90 Å². The Morgan fingerprint density at radius 1 is 1.19 bits per heavy atom. The SMILES string of the molecule is C[C@H]1CCCN2CN(c3ccccc3)C[C@@H]12. The molecule has 2 saturated heterocycles. The Labute approximate surface area is 97.9 Å². The fourth-order valence-electron chi connectivity index (χ4n) is 3.13. The van der Waals surface area contributed by atoms with Gasteiger partial charge in [0.2, 0.25) is 0 Å². The average Bonchev–Trinajstić information content (AvgIpc) is 2.76. The molecule has 0 unspecified atom stereocenters. The molecule has 0 saturated carbocycles. The minimum absolute atomic E-state index is 0.786. The van der Waals surface area contributed by atoms with Crippen molar-refractivity contribution in [2.45, 2.75) is 25.8 Å². The molecule has 2 heteroatoms. The number of piperidine rings is 1. The maximum Gasteiger partial charge on any atom is 0.0710 e. The van der Waals surface area contributed by atoms with Gasteiger partial charge in [-0.05, 0) is 30.9 Å². The molecule has 2 aliphatic heterocycles. The Morgan fingerprint density at radius 2 is 2.00 bits per heavy atom. The van der Waals surface area contributed by atoms with Crippen LogP contribution in [0.5, 0.6) is 0 Å². The van der Waals surface area contributed by atoms with Crippen molar-refractivity contribution in [2.24, 2.45) is 5.92 Å². The van der Waals surface area contributed by atoms with E-state index in [9.17, 15) is 0 Å². The predicted octanol–water partition coefficient (Wildman–Crippen LogP) is 2.56. The van der Waals surface area contributed by atoms with Crippen LogP contribution < -0.4 is 4.90 Å². The van der Waals surface area contributed by atoms with Crippen LogP contribution in [0.15, 0.2) is 30.3 Å². The molecule has 16 heavy (non-hydrogen) atoms. The summed E-state index contributed by atoms with van der Waals surface area (Å²) in [7, 11) is 0. The van der Waals surface area contributed by atoms with Crippen molar-refractivity contribution in [3.05, 3.63) is 30.3 Å². The molecule has 2 atom stereocenters. The number of anilines is 1. The van der Waals surface area contributed by atoms with Gasteiger partial charge >= 0.3 is 0 Å². The van der Waals surface area contributed by atoms with Gasteiger partial charge in [-0.1, -0.05) is 25.1 Å².